The minimum atomic E-state index is -0.409. The van der Waals surface area contributed by atoms with Gasteiger partial charge in [-0.15, -0.1) is 10.2 Å². The van der Waals surface area contributed by atoms with Gasteiger partial charge in [0.25, 0.3) is 0 Å². The molecule has 1 aromatic carbocycles. The van der Waals surface area contributed by atoms with Crippen molar-refractivity contribution in [3.05, 3.63) is 24.3 Å². The van der Waals surface area contributed by atoms with Gasteiger partial charge in [-0.25, -0.2) is 0 Å². The smallest absolute Gasteiger partial charge is 0.231 e. The normalized spacial score (nSPS) is 20.0. The minimum absolute atomic E-state index is 0.0665. The monoisotopic (exact) mass is 418 g/mol. The molecule has 1 N–H and O–H groups in total. The number of carbonyl (C=O) groups excluding carboxylic acids is 2. The van der Waals surface area contributed by atoms with Crippen LogP contribution in [0.4, 0.5) is 10.8 Å². The average molecular weight is 419 g/mol. The predicted molar refractivity (Wildman–Crippen MR) is 110 cm³/mol. The minimum Gasteiger partial charge on any atom is -0.497 e. The molecule has 0 bridgehead atoms. The zero-order valence-electron chi connectivity index (χ0n) is 15.6. The van der Waals surface area contributed by atoms with Crippen LogP contribution in [0.2, 0.25) is 0 Å². The number of nitrogens with zero attached hydrogens (tertiary/aromatic N) is 3. The van der Waals surface area contributed by atoms with E-state index in [9.17, 15) is 9.59 Å². The third kappa shape index (κ3) is 4.30. The summed E-state index contributed by atoms with van der Waals surface area (Å²) < 4.78 is 6.11. The van der Waals surface area contributed by atoms with Gasteiger partial charge in [-0.1, -0.05) is 42.0 Å². The molecule has 148 valence electrons. The Morgan fingerprint density at radius 2 is 2.14 bits per heavy atom. The summed E-state index contributed by atoms with van der Waals surface area (Å²) in [5, 5.41) is 12.2. The third-order valence-electron chi connectivity index (χ3n) is 5.07. The van der Waals surface area contributed by atoms with Crippen LogP contribution in [0, 0.1) is 5.92 Å². The molecule has 1 atom stereocenters. The molecule has 2 aliphatic rings. The van der Waals surface area contributed by atoms with Crippen molar-refractivity contribution in [2.75, 3.05) is 23.9 Å². The van der Waals surface area contributed by atoms with Crippen LogP contribution in [0.1, 0.15) is 32.1 Å². The van der Waals surface area contributed by atoms with E-state index in [1.165, 1.54) is 37.0 Å². The Morgan fingerprint density at radius 3 is 2.93 bits per heavy atom. The summed E-state index contributed by atoms with van der Waals surface area (Å²) in [6.07, 6.45) is 5.18. The Kier molecular flexibility index (Phi) is 5.82. The molecule has 1 saturated carbocycles. The molecule has 1 aliphatic carbocycles. The Labute approximate surface area is 171 Å². The number of carbonyl (C=O) groups is 2. The van der Waals surface area contributed by atoms with Gasteiger partial charge in [0.1, 0.15) is 5.75 Å². The van der Waals surface area contributed by atoms with Crippen molar-refractivity contribution >= 4 is 45.7 Å². The number of aromatic nitrogens is 2. The predicted octanol–water partition coefficient (Wildman–Crippen LogP) is 3.57. The lowest BCUT2D eigenvalue weighted by atomic mass is 10.1. The van der Waals surface area contributed by atoms with Gasteiger partial charge in [-0.3, -0.25) is 9.59 Å². The van der Waals surface area contributed by atoms with Crippen molar-refractivity contribution < 1.29 is 14.3 Å². The Bertz CT molecular complexity index is 866. The van der Waals surface area contributed by atoms with E-state index in [0.29, 0.717) is 22.7 Å². The number of methoxy groups -OCH3 is 1. The van der Waals surface area contributed by atoms with Crippen molar-refractivity contribution in [2.24, 2.45) is 5.92 Å². The lowest BCUT2D eigenvalue weighted by molar-refractivity contribution is -0.122. The summed E-state index contributed by atoms with van der Waals surface area (Å²) in [5.41, 5.74) is 0.741. The highest BCUT2D eigenvalue weighted by Crippen LogP contribution is 2.37. The van der Waals surface area contributed by atoms with Gasteiger partial charge < -0.3 is 15.0 Å². The number of rotatable bonds is 6. The molecule has 2 amide bonds. The van der Waals surface area contributed by atoms with Crippen LogP contribution in [-0.4, -0.2) is 40.9 Å². The van der Waals surface area contributed by atoms with Crippen LogP contribution in [0.15, 0.2) is 28.6 Å². The van der Waals surface area contributed by atoms with Crippen molar-refractivity contribution in [3.63, 3.8) is 0 Å². The van der Waals surface area contributed by atoms with Gasteiger partial charge >= 0.3 is 0 Å². The van der Waals surface area contributed by atoms with Crippen LogP contribution in [0.25, 0.3) is 0 Å². The first kappa shape index (κ1) is 19.2. The highest BCUT2D eigenvalue weighted by Gasteiger charge is 2.35. The van der Waals surface area contributed by atoms with E-state index in [1.54, 1.807) is 29.8 Å². The van der Waals surface area contributed by atoms with Gasteiger partial charge in [0.15, 0.2) is 4.34 Å². The van der Waals surface area contributed by atoms with E-state index < -0.39 is 5.92 Å². The Hall–Kier alpha value is -2.13. The van der Waals surface area contributed by atoms with Crippen LogP contribution < -0.4 is 15.0 Å². The average Bonchev–Trinajstić information content (AvgIpc) is 3.44. The number of hydrogen-bond acceptors (Lipinski definition) is 7. The van der Waals surface area contributed by atoms with Crippen molar-refractivity contribution in [2.45, 2.75) is 41.7 Å². The topological polar surface area (TPSA) is 84.4 Å². The second kappa shape index (κ2) is 8.48. The molecule has 1 aliphatic heterocycles. The maximum absolute atomic E-state index is 12.6. The molecular weight excluding hydrogens is 396 g/mol. The van der Waals surface area contributed by atoms with Gasteiger partial charge in [0, 0.05) is 30.0 Å². The van der Waals surface area contributed by atoms with Gasteiger partial charge in [0.2, 0.25) is 16.9 Å². The van der Waals surface area contributed by atoms with E-state index in [2.05, 4.69) is 15.5 Å². The van der Waals surface area contributed by atoms with E-state index in [-0.39, 0.29) is 18.2 Å². The van der Waals surface area contributed by atoms with E-state index in [0.717, 1.165) is 10.0 Å². The molecule has 0 spiro atoms. The fourth-order valence-electron chi connectivity index (χ4n) is 3.58. The summed E-state index contributed by atoms with van der Waals surface area (Å²) in [5.74, 6) is 0.0170. The maximum atomic E-state index is 12.6. The first-order chi connectivity index (χ1) is 13.6. The standard InChI is InChI=1S/C19H22N4O3S2/c1-26-14-6-4-5-13(10-14)23-11-12(9-16(23)24)17(25)20-18-21-22-19(28-18)27-15-7-2-3-8-15/h4-6,10,12,15H,2-3,7-9,11H2,1H3,(H,20,21,25)/t12-/m1/s1. The number of ether oxygens (including phenoxy) is 1. The van der Waals surface area contributed by atoms with Crippen molar-refractivity contribution in [3.8, 4) is 5.75 Å². The summed E-state index contributed by atoms with van der Waals surface area (Å²) in [4.78, 5) is 26.7. The molecule has 28 heavy (non-hydrogen) atoms. The third-order valence-corrected chi connectivity index (χ3v) is 7.33. The number of nitrogens with one attached hydrogen (secondary N) is 1. The van der Waals surface area contributed by atoms with Crippen molar-refractivity contribution in [1.82, 2.24) is 10.2 Å². The summed E-state index contributed by atoms with van der Waals surface area (Å²) in [7, 11) is 1.59. The van der Waals surface area contributed by atoms with Crippen molar-refractivity contribution in [1.29, 1.82) is 0 Å². The zero-order valence-corrected chi connectivity index (χ0v) is 17.2. The molecule has 1 saturated heterocycles. The second-order valence-electron chi connectivity index (χ2n) is 6.99. The van der Waals surface area contributed by atoms with Gasteiger partial charge in [-0.2, -0.15) is 0 Å². The number of thioether (sulfide) groups is 1. The summed E-state index contributed by atoms with van der Waals surface area (Å²) in [6, 6.07) is 7.30. The number of benzene rings is 1. The Balaban J connectivity index is 1.36. The molecule has 4 rings (SSSR count). The first-order valence-corrected chi connectivity index (χ1v) is 11.1. The SMILES string of the molecule is COc1cccc(N2C[C@H](C(=O)Nc3nnc(SC4CCCC4)s3)CC2=O)c1. The quantitative estimate of drug-likeness (QED) is 0.722. The molecule has 1 aromatic heterocycles. The van der Waals surface area contributed by atoms with Crippen LogP contribution >= 0.6 is 23.1 Å². The molecule has 0 unspecified atom stereocenters. The van der Waals surface area contributed by atoms with E-state index >= 15 is 0 Å². The zero-order chi connectivity index (χ0) is 19.5. The molecular formula is C19H22N4O3S2. The van der Waals surface area contributed by atoms with E-state index in [4.69, 9.17) is 4.74 Å². The summed E-state index contributed by atoms with van der Waals surface area (Å²) in [6.45, 7) is 0.348. The largest absolute Gasteiger partial charge is 0.497 e. The molecule has 2 fully saturated rings. The van der Waals surface area contributed by atoms with E-state index in [1.807, 2.05) is 18.2 Å². The molecule has 2 aromatic rings. The highest BCUT2D eigenvalue weighted by molar-refractivity contribution is 8.01. The lowest BCUT2D eigenvalue weighted by Crippen LogP contribution is -2.28. The van der Waals surface area contributed by atoms with Gasteiger partial charge in [-0.05, 0) is 25.0 Å². The van der Waals surface area contributed by atoms with Crippen LogP contribution in [0.5, 0.6) is 5.75 Å². The molecule has 9 heteroatoms. The first-order valence-electron chi connectivity index (χ1n) is 9.38. The van der Waals surface area contributed by atoms with Crippen LogP contribution in [0.3, 0.4) is 0 Å². The second-order valence-corrected chi connectivity index (χ2v) is 9.52. The highest BCUT2D eigenvalue weighted by atomic mass is 32.2. The fourth-order valence-corrected chi connectivity index (χ4v) is 5.84. The number of amides is 2. The fraction of sp³-hybridized carbons (Fsp3) is 0.474. The molecule has 7 nitrogen and oxygen atoms in total. The molecule has 2 heterocycles. The van der Waals surface area contributed by atoms with Gasteiger partial charge in [0.05, 0.1) is 13.0 Å². The summed E-state index contributed by atoms with van der Waals surface area (Å²) >= 11 is 3.16. The Morgan fingerprint density at radius 1 is 1.32 bits per heavy atom. The van der Waals surface area contributed by atoms with Crippen LogP contribution in [-0.2, 0) is 9.59 Å². The number of anilines is 2. The molecule has 0 radical (unpaired) electrons. The lowest BCUT2D eigenvalue weighted by Gasteiger charge is -2.17. The maximum Gasteiger partial charge on any atom is 0.231 e. The number of hydrogen-bond donors (Lipinski definition) is 1.